The molecule has 0 unspecified atom stereocenters. The van der Waals surface area contributed by atoms with Crippen molar-refractivity contribution in [1.82, 2.24) is 0 Å². The summed E-state index contributed by atoms with van der Waals surface area (Å²) in [6.45, 7) is 1.52. The number of hydrogen-bond acceptors (Lipinski definition) is 2. The van der Waals surface area contributed by atoms with Gasteiger partial charge >= 0.3 is 0 Å². The smallest absolute Gasteiger partial charge is 0.0825 e. The molecule has 0 aliphatic carbocycles. The van der Waals surface area contributed by atoms with Crippen LogP contribution in [0, 0.1) is 0 Å². The lowest BCUT2D eigenvalue weighted by Gasteiger charge is -2.09. The first-order chi connectivity index (χ1) is 6.40. The molecule has 0 radical (unpaired) electrons. The molecule has 1 saturated heterocycles. The highest BCUT2D eigenvalue weighted by Gasteiger charge is 2.16. The van der Waals surface area contributed by atoms with E-state index in [1.54, 1.807) is 0 Å². The van der Waals surface area contributed by atoms with Crippen molar-refractivity contribution in [2.75, 3.05) is 6.61 Å². The van der Waals surface area contributed by atoms with Crippen LogP contribution >= 0.6 is 0 Å². The van der Waals surface area contributed by atoms with Gasteiger partial charge in [-0.3, -0.25) is 0 Å². The van der Waals surface area contributed by atoms with E-state index >= 15 is 0 Å². The van der Waals surface area contributed by atoms with E-state index in [4.69, 9.17) is 10.5 Å². The molecular weight excluding hydrogens is 162 g/mol. The lowest BCUT2D eigenvalue weighted by atomic mass is 10.1. The molecule has 0 aromatic heterocycles. The molecule has 0 amide bonds. The van der Waals surface area contributed by atoms with Crippen LogP contribution in [0.25, 0.3) is 0 Å². The minimum atomic E-state index is 0.326. The maximum atomic E-state index is 5.58. The van der Waals surface area contributed by atoms with Crippen LogP contribution < -0.4 is 5.73 Å². The molecule has 0 saturated carbocycles. The second kappa shape index (κ2) is 3.90. The third-order valence-corrected chi connectivity index (χ3v) is 2.52. The van der Waals surface area contributed by atoms with Gasteiger partial charge in [0.05, 0.1) is 6.10 Å². The molecule has 1 aliphatic heterocycles. The van der Waals surface area contributed by atoms with Crippen molar-refractivity contribution in [1.29, 1.82) is 0 Å². The summed E-state index contributed by atoms with van der Waals surface area (Å²) < 4.78 is 5.58. The number of ether oxygens (including phenoxy) is 1. The maximum absolute atomic E-state index is 5.58. The Bertz CT molecular complexity index is 262. The van der Waals surface area contributed by atoms with Gasteiger partial charge in [0.1, 0.15) is 0 Å². The highest BCUT2D eigenvalue weighted by Crippen LogP contribution is 2.28. The van der Waals surface area contributed by atoms with Crippen molar-refractivity contribution in [2.24, 2.45) is 5.73 Å². The zero-order valence-electron chi connectivity index (χ0n) is 7.70. The molecule has 70 valence electrons. The van der Waals surface area contributed by atoms with E-state index in [1.165, 1.54) is 17.5 Å². The number of benzene rings is 1. The molecule has 1 aliphatic rings. The lowest BCUT2D eigenvalue weighted by Crippen LogP contribution is -1.98. The summed E-state index contributed by atoms with van der Waals surface area (Å²) in [5.74, 6) is 0. The average molecular weight is 177 g/mol. The Balaban J connectivity index is 2.12. The molecule has 13 heavy (non-hydrogen) atoms. The maximum Gasteiger partial charge on any atom is 0.0825 e. The Labute approximate surface area is 78.7 Å². The van der Waals surface area contributed by atoms with E-state index in [9.17, 15) is 0 Å². The molecule has 0 spiro atoms. The van der Waals surface area contributed by atoms with Crippen molar-refractivity contribution < 1.29 is 4.74 Å². The fourth-order valence-corrected chi connectivity index (χ4v) is 1.71. The van der Waals surface area contributed by atoms with Gasteiger partial charge in [-0.25, -0.2) is 0 Å². The number of nitrogens with two attached hydrogens (primary N) is 1. The molecule has 2 nitrogen and oxygen atoms in total. The summed E-state index contributed by atoms with van der Waals surface area (Å²) in [6.07, 6.45) is 2.66. The average Bonchev–Trinajstić information content (AvgIpc) is 2.71. The van der Waals surface area contributed by atoms with E-state index in [0.29, 0.717) is 12.6 Å². The van der Waals surface area contributed by atoms with Gasteiger partial charge in [0.25, 0.3) is 0 Å². The summed E-state index contributed by atoms with van der Waals surface area (Å²) in [6, 6.07) is 8.41. The second-order valence-corrected chi connectivity index (χ2v) is 3.45. The van der Waals surface area contributed by atoms with Crippen LogP contribution in [-0.4, -0.2) is 6.61 Å². The van der Waals surface area contributed by atoms with Gasteiger partial charge in [0.15, 0.2) is 0 Å². The first kappa shape index (κ1) is 8.73. The molecule has 1 fully saturated rings. The van der Waals surface area contributed by atoms with Gasteiger partial charge in [-0.2, -0.15) is 0 Å². The summed E-state index contributed by atoms with van der Waals surface area (Å²) in [5.41, 5.74) is 7.99. The summed E-state index contributed by atoms with van der Waals surface area (Å²) in [5, 5.41) is 0. The fraction of sp³-hybridized carbons (Fsp3) is 0.455. The van der Waals surface area contributed by atoms with Gasteiger partial charge in [-0.15, -0.1) is 0 Å². The minimum absolute atomic E-state index is 0.326. The van der Waals surface area contributed by atoms with Crippen LogP contribution in [-0.2, 0) is 11.3 Å². The van der Waals surface area contributed by atoms with E-state index in [-0.39, 0.29) is 0 Å². The topological polar surface area (TPSA) is 35.2 Å². The first-order valence-corrected chi connectivity index (χ1v) is 4.80. The van der Waals surface area contributed by atoms with Gasteiger partial charge < -0.3 is 10.5 Å². The van der Waals surface area contributed by atoms with Crippen LogP contribution in [0.4, 0.5) is 0 Å². The fourth-order valence-electron chi connectivity index (χ4n) is 1.71. The highest BCUT2D eigenvalue weighted by molar-refractivity contribution is 5.24. The van der Waals surface area contributed by atoms with Crippen LogP contribution in [0.15, 0.2) is 24.3 Å². The van der Waals surface area contributed by atoms with Crippen molar-refractivity contribution in [3.05, 3.63) is 35.4 Å². The number of hydrogen-bond donors (Lipinski definition) is 1. The molecule has 1 atom stereocenters. The summed E-state index contributed by atoms with van der Waals surface area (Å²) in [7, 11) is 0. The normalized spacial score (nSPS) is 22.1. The van der Waals surface area contributed by atoms with Crippen molar-refractivity contribution in [3.63, 3.8) is 0 Å². The highest BCUT2D eigenvalue weighted by atomic mass is 16.5. The van der Waals surface area contributed by atoms with E-state index in [2.05, 4.69) is 24.3 Å². The lowest BCUT2D eigenvalue weighted by molar-refractivity contribution is 0.112. The Kier molecular flexibility index (Phi) is 2.62. The van der Waals surface area contributed by atoms with Crippen LogP contribution in [0.5, 0.6) is 0 Å². The third-order valence-electron chi connectivity index (χ3n) is 2.52. The largest absolute Gasteiger partial charge is 0.374 e. The second-order valence-electron chi connectivity index (χ2n) is 3.45. The molecule has 2 heteroatoms. The molecule has 1 heterocycles. The Morgan fingerprint density at radius 3 is 2.62 bits per heavy atom. The van der Waals surface area contributed by atoms with E-state index in [1.807, 2.05) is 0 Å². The quantitative estimate of drug-likeness (QED) is 0.749. The zero-order valence-corrected chi connectivity index (χ0v) is 7.70. The van der Waals surface area contributed by atoms with Gasteiger partial charge in [-0.1, -0.05) is 24.3 Å². The van der Waals surface area contributed by atoms with Crippen molar-refractivity contribution in [2.45, 2.75) is 25.5 Å². The van der Waals surface area contributed by atoms with Crippen molar-refractivity contribution >= 4 is 0 Å². The molecule has 1 aromatic carbocycles. The predicted molar refractivity (Wildman–Crippen MR) is 52.3 cm³/mol. The minimum Gasteiger partial charge on any atom is -0.374 e. The Morgan fingerprint density at radius 1 is 1.31 bits per heavy atom. The van der Waals surface area contributed by atoms with E-state index < -0.39 is 0 Å². The SMILES string of the molecule is NCc1ccc([C@@H]2CCCO2)cc1. The Morgan fingerprint density at radius 2 is 2.08 bits per heavy atom. The van der Waals surface area contributed by atoms with Gasteiger partial charge in [0.2, 0.25) is 0 Å². The van der Waals surface area contributed by atoms with E-state index in [0.717, 1.165) is 13.0 Å². The van der Waals surface area contributed by atoms with Crippen LogP contribution in [0.2, 0.25) is 0 Å². The van der Waals surface area contributed by atoms with Crippen LogP contribution in [0.3, 0.4) is 0 Å². The monoisotopic (exact) mass is 177 g/mol. The van der Waals surface area contributed by atoms with Crippen molar-refractivity contribution in [3.8, 4) is 0 Å². The first-order valence-electron chi connectivity index (χ1n) is 4.80. The third kappa shape index (κ3) is 1.90. The molecular formula is C11H15NO. The molecule has 1 aromatic rings. The summed E-state index contributed by atoms with van der Waals surface area (Å²) >= 11 is 0. The zero-order chi connectivity index (χ0) is 9.10. The van der Waals surface area contributed by atoms with Crippen LogP contribution in [0.1, 0.15) is 30.1 Å². The molecule has 2 rings (SSSR count). The predicted octanol–water partition coefficient (Wildman–Crippen LogP) is 2.00. The summed E-state index contributed by atoms with van der Waals surface area (Å²) in [4.78, 5) is 0. The molecule has 0 bridgehead atoms. The van der Waals surface area contributed by atoms with Gasteiger partial charge in [-0.05, 0) is 24.0 Å². The van der Waals surface area contributed by atoms with Gasteiger partial charge in [0, 0.05) is 13.2 Å². The molecule has 2 N–H and O–H groups in total. The Hall–Kier alpha value is -0.860. The standard InChI is InChI=1S/C11H15NO/c12-8-9-3-5-10(6-4-9)11-2-1-7-13-11/h3-6,11H,1-2,7-8,12H2/t11-/m0/s1. The number of rotatable bonds is 2.